The summed E-state index contributed by atoms with van der Waals surface area (Å²) in [5, 5.41) is 1.22. The van der Waals surface area contributed by atoms with Crippen molar-refractivity contribution in [2.45, 2.75) is 24.3 Å². The lowest BCUT2D eigenvalue weighted by molar-refractivity contribution is 0.100. The van der Waals surface area contributed by atoms with Gasteiger partial charge < -0.3 is 5.73 Å². The molecule has 5 nitrogen and oxygen atoms in total. The Bertz CT molecular complexity index is 1260. The second-order valence-corrected chi connectivity index (χ2v) is 7.86. The number of aromatic nitrogens is 2. The van der Waals surface area contributed by atoms with Crippen molar-refractivity contribution in [1.29, 1.82) is 0 Å². The minimum atomic E-state index is -0.449. The fourth-order valence-corrected chi connectivity index (χ4v) is 4.20. The number of thioether (sulfide) groups is 1. The van der Waals surface area contributed by atoms with Crippen molar-refractivity contribution >= 4 is 28.6 Å². The van der Waals surface area contributed by atoms with Gasteiger partial charge in [0.2, 0.25) is 5.91 Å². The Kier molecular flexibility index (Phi) is 5.68. The molecule has 0 saturated carbocycles. The van der Waals surface area contributed by atoms with E-state index in [1.54, 1.807) is 22.8 Å². The molecule has 4 aromatic rings. The van der Waals surface area contributed by atoms with E-state index >= 15 is 0 Å². The maximum absolute atomic E-state index is 13.3. The maximum Gasteiger partial charge on any atom is 0.266 e. The van der Waals surface area contributed by atoms with Gasteiger partial charge in [-0.1, -0.05) is 55.1 Å². The molecule has 0 aliphatic heterocycles. The lowest BCUT2D eigenvalue weighted by atomic mass is 10.1. The van der Waals surface area contributed by atoms with E-state index in [0.29, 0.717) is 27.4 Å². The number of amides is 1. The SMILES string of the molecule is CCc1ccc(-n2c(SCc3ccc(C(N)=O)cc3)nc3ccccc3c2=O)cc1. The topological polar surface area (TPSA) is 78.0 Å². The van der Waals surface area contributed by atoms with Gasteiger partial charge in [-0.3, -0.25) is 14.2 Å². The number of hydrogen-bond acceptors (Lipinski definition) is 4. The zero-order valence-corrected chi connectivity index (χ0v) is 17.4. The second-order valence-electron chi connectivity index (χ2n) is 6.92. The Labute approximate surface area is 178 Å². The van der Waals surface area contributed by atoms with E-state index in [4.69, 9.17) is 10.7 Å². The Hall–Kier alpha value is -3.38. The average molecular weight is 416 g/mol. The quantitative estimate of drug-likeness (QED) is 0.375. The molecule has 0 atom stereocenters. The number of benzene rings is 3. The summed E-state index contributed by atoms with van der Waals surface area (Å²) >= 11 is 1.48. The number of fused-ring (bicyclic) bond motifs is 1. The van der Waals surface area contributed by atoms with Crippen LogP contribution in [0.3, 0.4) is 0 Å². The van der Waals surface area contributed by atoms with Gasteiger partial charge in [0.25, 0.3) is 5.56 Å². The van der Waals surface area contributed by atoms with Gasteiger partial charge in [-0.2, -0.15) is 0 Å². The number of nitrogens with two attached hydrogens (primary N) is 1. The number of carbonyl (C=O) groups excluding carboxylic acids is 1. The molecule has 0 unspecified atom stereocenters. The maximum atomic E-state index is 13.3. The molecule has 0 saturated heterocycles. The van der Waals surface area contributed by atoms with Crippen LogP contribution >= 0.6 is 11.8 Å². The highest BCUT2D eigenvalue weighted by molar-refractivity contribution is 7.98. The van der Waals surface area contributed by atoms with E-state index in [9.17, 15) is 9.59 Å². The van der Waals surface area contributed by atoms with Crippen LogP contribution in [0.2, 0.25) is 0 Å². The number of nitrogens with zero attached hydrogens (tertiary/aromatic N) is 2. The number of para-hydroxylation sites is 1. The largest absolute Gasteiger partial charge is 0.366 e. The monoisotopic (exact) mass is 415 g/mol. The van der Waals surface area contributed by atoms with Gasteiger partial charge >= 0.3 is 0 Å². The zero-order valence-electron chi connectivity index (χ0n) is 16.5. The third-order valence-corrected chi connectivity index (χ3v) is 5.96. The van der Waals surface area contributed by atoms with Crippen LogP contribution in [-0.2, 0) is 12.2 Å². The molecular weight excluding hydrogens is 394 g/mol. The minimum absolute atomic E-state index is 0.0866. The van der Waals surface area contributed by atoms with Crippen LogP contribution in [0.5, 0.6) is 0 Å². The molecule has 0 radical (unpaired) electrons. The molecule has 0 fully saturated rings. The molecule has 2 N–H and O–H groups in total. The number of rotatable bonds is 6. The lowest BCUT2D eigenvalue weighted by Gasteiger charge is -2.14. The van der Waals surface area contributed by atoms with E-state index in [1.165, 1.54) is 17.3 Å². The summed E-state index contributed by atoms with van der Waals surface area (Å²) in [6, 6.07) is 22.5. The van der Waals surface area contributed by atoms with Crippen molar-refractivity contribution < 1.29 is 4.79 Å². The van der Waals surface area contributed by atoms with E-state index in [-0.39, 0.29) is 5.56 Å². The van der Waals surface area contributed by atoms with Gasteiger partial charge in [0.1, 0.15) is 0 Å². The molecule has 0 aliphatic rings. The van der Waals surface area contributed by atoms with E-state index in [1.807, 2.05) is 54.6 Å². The molecule has 30 heavy (non-hydrogen) atoms. The summed E-state index contributed by atoms with van der Waals surface area (Å²) in [6.07, 6.45) is 0.939. The fourth-order valence-electron chi connectivity index (χ4n) is 3.23. The highest BCUT2D eigenvalue weighted by Gasteiger charge is 2.13. The standard InChI is InChI=1S/C24H21N3O2S/c1-2-16-9-13-19(14-10-16)27-23(29)20-5-3-4-6-21(20)26-24(27)30-15-17-7-11-18(12-8-17)22(25)28/h3-14H,2,15H2,1H3,(H2,25,28). The van der Waals surface area contributed by atoms with E-state index < -0.39 is 5.91 Å². The van der Waals surface area contributed by atoms with Crippen molar-refractivity contribution in [2.24, 2.45) is 5.73 Å². The fraction of sp³-hybridized carbons (Fsp3) is 0.125. The molecule has 0 spiro atoms. The van der Waals surface area contributed by atoms with Crippen molar-refractivity contribution in [3.8, 4) is 5.69 Å². The first-order valence-electron chi connectivity index (χ1n) is 9.69. The van der Waals surface area contributed by atoms with Gasteiger partial charge in [-0.05, 0) is 53.9 Å². The molecule has 3 aromatic carbocycles. The first-order valence-corrected chi connectivity index (χ1v) is 10.7. The summed E-state index contributed by atoms with van der Waals surface area (Å²) in [5.74, 6) is 0.159. The van der Waals surface area contributed by atoms with Gasteiger partial charge in [0, 0.05) is 11.3 Å². The Morgan fingerprint density at radius 1 is 0.967 bits per heavy atom. The summed E-state index contributed by atoms with van der Waals surface area (Å²) in [6.45, 7) is 2.10. The van der Waals surface area contributed by atoms with Crippen LogP contribution in [0.4, 0.5) is 0 Å². The Morgan fingerprint density at radius 2 is 1.63 bits per heavy atom. The van der Waals surface area contributed by atoms with Crippen molar-refractivity contribution in [3.05, 3.63) is 99.8 Å². The molecular formula is C24H21N3O2S. The van der Waals surface area contributed by atoms with Crippen LogP contribution < -0.4 is 11.3 Å². The summed E-state index contributed by atoms with van der Waals surface area (Å²) in [4.78, 5) is 29.3. The molecule has 1 aromatic heterocycles. The van der Waals surface area contributed by atoms with Gasteiger partial charge in [-0.15, -0.1) is 0 Å². The molecule has 1 heterocycles. The highest BCUT2D eigenvalue weighted by atomic mass is 32.2. The van der Waals surface area contributed by atoms with E-state index in [2.05, 4.69) is 6.92 Å². The molecule has 4 rings (SSSR count). The van der Waals surface area contributed by atoms with Crippen LogP contribution in [0.15, 0.2) is 82.7 Å². The first-order chi connectivity index (χ1) is 14.6. The predicted octanol–water partition coefficient (Wildman–Crippen LogP) is 4.34. The normalized spacial score (nSPS) is 11.0. The van der Waals surface area contributed by atoms with Crippen LogP contribution in [0, 0.1) is 0 Å². The van der Waals surface area contributed by atoms with Gasteiger partial charge in [0.15, 0.2) is 5.16 Å². The molecule has 6 heteroatoms. The van der Waals surface area contributed by atoms with Crippen LogP contribution in [-0.4, -0.2) is 15.5 Å². The number of hydrogen-bond donors (Lipinski definition) is 1. The molecule has 0 bridgehead atoms. The van der Waals surface area contributed by atoms with Gasteiger partial charge in [0.05, 0.1) is 16.6 Å². The van der Waals surface area contributed by atoms with Crippen LogP contribution in [0.25, 0.3) is 16.6 Å². The summed E-state index contributed by atoms with van der Waals surface area (Å²) in [5.41, 5.74) is 9.39. The van der Waals surface area contributed by atoms with E-state index in [0.717, 1.165) is 17.7 Å². The highest BCUT2D eigenvalue weighted by Crippen LogP contribution is 2.25. The molecule has 1 amide bonds. The smallest absolute Gasteiger partial charge is 0.266 e. The third-order valence-electron chi connectivity index (χ3n) is 4.95. The minimum Gasteiger partial charge on any atom is -0.366 e. The summed E-state index contributed by atoms with van der Waals surface area (Å²) < 4.78 is 1.67. The second kappa shape index (κ2) is 8.55. The lowest BCUT2D eigenvalue weighted by Crippen LogP contribution is -2.21. The predicted molar refractivity (Wildman–Crippen MR) is 121 cm³/mol. The summed E-state index contributed by atoms with van der Waals surface area (Å²) in [7, 11) is 0. The van der Waals surface area contributed by atoms with Crippen LogP contribution in [0.1, 0.15) is 28.4 Å². The average Bonchev–Trinajstić information content (AvgIpc) is 2.78. The van der Waals surface area contributed by atoms with Crippen molar-refractivity contribution in [2.75, 3.05) is 0 Å². The van der Waals surface area contributed by atoms with Gasteiger partial charge in [-0.25, -0.2) is 4.98 Å². The number of carbonyl (C=O) groups is 1. The zero-order chi connectivity index (χ0) is 21.1. The Balaban J connectivity index is 1.75. The molecule has 0 aliphatic carbocycles. The third kappa shape index (κ3) is 4.00. The van der Waals surface area contributed by atoms with Crippen molar-refractivity contribution in [3.63, 3.8) is 0 Å². The van der Waals surface area contributed by atoms with Crippen molar-refractivity contribution in [1.82, 2.24) is 9.55 Å². The first kappa shape index (κ1) is 19.9. The number of primary amides is 1. The Morgan fingerprint density at radius 3 is 2.30 bits per heavy atom. The molecule has 150 valence electrons. The number of aryl methyl sites for hydroxylation is 1.